The normalized spacial score (nSPS) is 14.3. The topological polar surface area (TPSA) is 55.4 Å². The molecule has 1 aliphatic carbocycles. The Hall–Kier alpha value is -1.36. The molecule has 1 heterocycles. The quantitative estimate of drug-likeness (QED) is 0.611. The number of hydrogen-bond donors (Lipinski definition) is 1. The molecule has 0 fully saturated rings. The summed E-state index contributed by atoms with van der Waals surface area (Å²) in [4.78, 5) is 25.9. The second-order valence-corrected chi connectivity index (χ2v) is 7.66. The highest BCUT2D eigenvalue weighted by atomic mass is 32.1. The van der Waals surface area contributed by atoms with E-state index in [0.717, 1.165) is 37.7 Å². The molecule has 4 nitrogen and oxygen atoms in total. The Balaban J connectivity index is 2.28. The van der Waals surface area contributed by atoms with Crippen LogP contribution in [0.3, 0.4) is 0 Å². The first-order chi connectivity index (χ1) is 11.0. The van der Waals surface area contributed by atoms with E-state index >= 15 is 0 Å². The Morgan fingerprint density at radius 2 is 1.96 bits per heavy atom. The Morgan fingerprint density at radius 1 is 1.22 bits per heavy atom. The number of anilines is 1. The van der Waals surface area contributed by atoms with Crippen LogP contribution in [0.5, 0.6) is 0 Å². The Kier molecular flexibility index (Phi) is 6.63. The van der Waals surface area contributed by atoms with Gasteiger partial charge in [-0.2, -0.15) is 0 Å². The van der Waals surface area contributed by atoms with E-state index in [1.165, 1.54) is 11.3 Å². The van der Waals surface area contributed by atoms with Gasteiger partial charge in [0, 0.05) is 11.3 Å². The van der Waals surface area contributed by atoms with Crippen molar-refractivity contribution in [1.29, 1.82) is 0 Å². The van der Waals surface area contributed by atoms with Crippen LogP contribution in [0.25, 0.3) is 0 Å². The van der Waals surface area contributed by atoms with Crippen LogP contribution in [-0.4, -0.2) is 18.5 Å². The van der Waals surface area contributed by atoms with Crippen molar-refractivity contribution in [1.82, 2.24) is 0 Å². The number of rotatable bonds is 6. The molecule has 1 aromatic heterocycles. The Labute approximate surface area is 142 Å². The molecule has 0 aliphatic heterocycles. The molecule has 1 aromatic rings. The number of aryl methyl sites for hydroxylation is 1. The zero-order valence-electron chi connectivity index (χ0n) is 14.4. The van der Waals surface area contributed by atoms with Gasteiger partial charge in [-0.3, -0.25) is 4.79 Å². The van der Waals surface area contributed by atoms with Crippen molar-refractivity contribution in [2.45, 2.75) is 65.7 Å². The molecule has 0 spiro atoms. The first-order valence-electron chi connectivity index (χ1n) is 8.64. The third kappa shape index (κ3) is 4.80. The minimum atomic E-state index is -0.286. The fourth-order valence-electron chi connectivity index (χ4n) is 2.86. The third-order valence-corrected chi connectivity index (χ3v) is 5.12. The molecule has 1 N–H and O–H groups in total. The summed E-state index contributed by atoms with van der Waals surface area (Å²) in [7, 11) is 0. The lowest BCUT2D eigenvalue weighted by Crippen LogP contribution is -2.16. The smallest absolute Gasteiger partial charge is 0.341 e. The maximum atomic E-state index is 12.5. The lowest BCUT2D eigenvalue weighted by Gasteiger charge is -2.10. The number of fused-ring (bicyclic) bond motifs is 1. The van der Waals surface area contributed by atoms with Crippen molar-refractivity contribution in [2.75, 3.05) is 11.9 Å². The number of esters is 1. The SMILES string of the molecule is CCCOC(=O)c1c(NC(=O)CC(C)C)sc2c1CCCCC2. The number of ether oxygens (including phenoxy) is 1. The molecular weight excluding hydrogens is 310 g/mol. The van der Waals surface area contributed by atoms with Crippen molar-refractivity contribution in [3.05, 3.63) is 16.0 Å². The number of amides is 1. The van der Waals surface area contributed by atoms with E-state index in [0.29, 0.717) is 29.5 Å². The minimum absolute atomic E-state index is 0.0269. The highest BCUT2D eigenvalue weighted by Gasteiger charge is 2.26. The lowest BCUT2D eigenvalue weighted by atomic mass is 10.1. The monoisotopic (exact) mass is 337 g/mol. The van der Waals surface area contributed by atoms with Crippen molar-refractivity contribution in [3.63, 3.8) is 0 Å². The van der Waals surface area contributed by atoms with Gasteiger partial charge >= 0.3 is 5.97 Å². The maximum Gasteiger partial charge on any atom is 0.341 e. The standard InChI is InChI=1S/C18H27NO3S/c1-4-10-22-18(21)16-13-8-6-5-7-9-14(13)23-17(16)19-15(20)11-12(2)3/h12H,4-11H2,1-3H3,(H,19,20). The summed E-state index contributed by atoms with van der Waals surface area (Å²) in [5, 5.41) is 3.64. The molecule has 0 atom stereocenters. The second kappa shape index (κ2) is 8.48. The van der Waals surface area contributed by atoms with Gasteiger partial charge in [0.25, 0.3) is 0 Å². The van der Waals surface area contributed by atoms with Crippen molar-refractivity contribution in [3.8, 4) is 0 Å². The maximum absolute atomic E-state index is 12.5. The number of nitrogens with one attached hydrogen (secondary N) is 1. The van der Waals surface area contributed by atoms with Crippen LogP contribution in [-0.2, 0) is 22.4 Å². The molecule has 0 unspecified atom stereocenters. The summed E-state index contributed by atoms with van der Waals surface area (Å²) in [5.41, 5.74) is 1.71. The van der Waals surface area contributed by atoms with Crippen molar-refractivity contribution in [2.24, 2.45) is 5.92 Å². The van der Waals surface area contributed by atoms with Crippen LogP contribution < -0.4 is 5.32 Å². The van der Waals surface area contributed by atoms with Gasteiger partial charge in [-0.1, -0.05) is 27.2 Å². The molecule has 0 bridgehead atoms. The molecule has 2 rings (SSSR count). The summed E-state index contributed by atoms with van der Waals surface area (Å²) in [5.74, 6) is -0.0182. The first kappa shape index (κ1) is 18.0. The largest absolute Gasteiger partial charge is 0.462 e. The summed E-state index contributed by atoms with van der Waals surface area (Å²) in [6, 6.07) is 0. The predicted molar refractivity (Wildman–Crippen MR) is 94.2 cm³/mol. The summed E-state index contributed by atoms with van der Waals surface area (Å²) < 4.78 is 5.36. The van der Waals surface area contributed by atoms with Gasteiger partial charge in [-0.25, -0.2) is 4.79 Å². The van der Waals surface area contributed by atoms with Crippen molar-refractivity contribution >= 4 is 28.2 Å². The zero-order valence-corrected chi connectivity index (χ0v) is 15.2. The molecule has 0 saturated heterocycles. The molecule has 1 aliphatic rings. The molecule has 23 heavy (non-hydrogen) atoms. The highest BCUT2D eigenvalue weighted by Crippen LogP contribution is 2.38. The van der Waals surface area contributed by atoms with E-state index in [-0.39, 0.29) is 11.9 Å². The van der Waals surface area contributed by atoms with Crippen molar-refractivity contribution < 1.29 is 14.3 Å². The third-order valence-electron chi connectivity index (χ3n) is 3.91. The number of hydrogen-bond acceptors (Lipinski definition) is 4. The number of thiophene rings is 1. The molecular formula is C18H27NO3S. The van der Waals surface area contributed by atoms with E-state index < -0.39 is 0 Å². The van der Waals surface area contributed by atoms with Gasteiger partial charge in [0.2, 0.25) is 5.91 Å². The number of carbonyl (C=O) groups excluding carboxylic acids is 2. The summed E-state index contributed by atoms with van der Waals surface area (Å²) >= 11 is 1.56. The van der Waals surface area contributed by atoms with E-state index in [1.807, 2.05) is 20.8 Å². The molecule has 0 aromatic carbocycles. The number of carbonyl (C=O) groups is 2. The second-order valence-electron chi connectivity index (χ2n) is 6.55. The first-order valence-corrected chi connectivity index (χ1v) is 9.46. The molecule has 0 radical (unpaired) electrons. The van der Waals surface area contributed by atoms with Crippen LogP contribution in [0.2, 0.25) is 0 Å². The summed E-state index contributed by atoms with van der Waals surface area (Å²) in [6.45, 7) is 6.43. The van der Waals surface area contributed by atoms with E-state index in [9.17, 15) is 9.59 Å². The van der Waals surface area contributed by atoms with Gasteiger partial charge in [0.05, 0.1) is 12.2 Å². The van der Waals surface area contributed by atoms with Crippen LogP contribution in [0, 0.1) is 5.92 Å². The van der Waals surface area contributed by atoms with Crippen LogP contribution in [0.4, 0.5) is 5.00 Å². The van der Waals surface area contributed by atoms with Gasteiger partial charge in [0.1, 0.15) is 5.00 Å². The van der Waals surface area contributed by atoms with Gasteiger partial charge in [-0.15, -0.1) is 11.3 Å². The van der Waals surface area contributed by atoms with E-state index in [2.05, 4.69) is 5.32 Å². The minimum Gasteiger partial charge on any atom is -0.462 e. The Morgan fingerprint density at radius 3 is 2.65 bits per heavy atom. The Bertz CT molecular complexity index is 563. The van der Waals surface area contributed by atoms with Crippen LogP contribution >= 0.6 is 11.3 Å². The van der Waals surface area contributed by atoms with Gasteiger partial charge in [0.15, 0.2) is 0 Å². The fourth-order valence-corrected chi connectivity index (χ4v) is 4.16. The van der Waals surface area contributed by atoms with Crippen LogP contribution in [0.1, 0.15) is 73.7 Å². The lowest BCUT2D eigenvalue weighted by molar-refractivity contribution is -0.116. The van der Waals surface area contributed by atoms with E-state index in [4.69, 9.17) is 4.74 Å². The molecule has 128 valence electrons. The molecule has 5 heteroatoms. The summed E-state index contributed by atoms with van der Waals surface area (Å²) in [6.07, 6.45) is 6.60. The average Bonchev–Trinajstić information content (AvgIpc) is 2.66. The van der Waals surface area contributed by atoms with E-state index in [1.54, 1.807) is 11.3 Å². The highest BCUT2D eigenvalue weighted by molar-refractivity contribution is 7.17. The molecule has 0 saturated carbocycles. The van der Waals surface area contributed by atoms with Gasteiger partial charge in [-0.05, 0) is 43.6 Å². The average molecular weight is 337 g/mol. The fraction of sp³-hybridized carbons (Fsp3) is 0.667. The predicted octanol–water partition coefficient (Wildman–Crippen LogP) is 4.57. The molecule has 1 amide bonds. The zero-order chi connectivity index (χ0) is 16.8. The van der Waals surface area contributed by atoms with Crippen LogP contribution in [0.15, 0.2) is 0 Å². The van der Waals surface area contributed by atoms with Gasteiger partial charge < -0.3 is 10.1 Å².